The van der Waals surface area contributed by atoms with Crippen LogP contribution < -0.4 is 5.32 Å². The van der Waals surface area contributed by atoms with Crippen LogP contribution >= 0.6 is 12.2 Å². The predicted octanol–water partition coefficient (Wildman–Crippen LogP) is 2.57. The summed E-state index contributed by atoms with van der Waals surface area (Å²) in [6.07, 6.45) is 0.462. The van der Waals surface area contributed by atoms with Crippen molar-refractivity contribution < 1.29 is 13.2 Å². The summed E-state index contributed by atoms with van der Waals surface area (Å²) in [7, 11) is -1.23. The van der Waals surface area contributed by atoms with E-state index in [9.17, 15) is 13.2 Å². The number of carbonyl (C=O) groups excluding carboxylic acids is 1. The SMILES string of the molecule is Cc1cccc(-n2c(-c3ccccc3)nn(CN(C)CC(=O)N[C@@H]3CCS(=O)(=O)C3)c2=S)c1. The molecule has 0 radical (unpaired) electrons. The van der Waals surface area contributed by atoms with Crippen LogP contribution in [0.25, 0.3) is 17.1 Å². The molecule has 0 bridgehead atoms. The largest absolute Gasteiger partial charge is 0.351 e. The first-order chi connectivity index (χ1) is 15.7. The maximum absolute atomic E-state index is 12.4. The standard InChI is InChI=1S/C23H27N5O3S2/c1-17-7-6-10-20(13-17)28-22(18-8-4-3-5-9-18)25-27(23(28)32)16-26(2)14-21(29)24-19-11-12-33(30,31)15-19/h3-10,13,19H,11-12,14-16H2,1-2H3,(H,24,29)/t19-/m1/s1. The summed E-state index contributed by atoms with van der Waals surface area (Å²) in [5, 5.41) is 7.60. The molecular weight excluding hydrogens is 458 g/mol. The Bertz CT molecular complexity index is 1320. The van der Waals surface area contributed by atoms with E-state index in [-0.39, 0.29) is 30.0 Å². The molecule has 2 aromatic carbocycles. The summed E-state index contributed by atoms with van der Waals surface area (Å²) in [5.74, 6) is 0.643. The maximum Gasteiger partial charge on any atom is 0.234 e. The summed E-state index contributed by atoms with van der Waals surface area (Å²) in [4.78, 5) is 14.2. The molecule has 1 atom stereocenters. The summed E-state index contributed by atoms with van der Waals surface area (Å²) in [6.45, 7) is 2.45. The number of likely N-dealkylation sites (N-methyl/N-ethyl adjacent to an activating group) is 1. The van der Waals surface area contributed by atoms with Crippen LogP contribution in [0.2, 0.25) is 0 Å². The van der Waals surface area contributed by atoms with Gasteiger partial charge in [0.2, 0.25) is 10.7 Å². The molecule has 1 amide bonds. The van der Waals surface area contributed by atoms with Gasteiger partial charge in [-0.05, 0) is 50.3 Å². The van der Waals surface area contributed by atoms with Crippen molar-refractivity contribution in [2.45, 2.75) is 26.1 Å². The molecule has 3 aromatic rings. The van der Waals surface area contributed by atoms with Gasteiger partial charge >= 0.3 is 0 Å². The van der Waals surface area contributed by atoms with E-state index in [4.69, 9.17) is 17.3 Å². The van der Waals surface area contributed by atoms with Gasteiger partial charge in [-0.1, -0.05) is 42.5 Å². The minimum atomic E-state index is -3.04. The Hall–Kier alpha value is -2.82. The first-order valence-corrected chi connectivity index (χ1v) is 13.0. The summed E-state index contributed by atoms with van der Waals surface area (Å²) in [6, 6.07) is 17.6. The molecule has 0 aliphatic carbocycles. The summed E-state index contributed by atoms with van der Waals surface area (Å²) in [5.41, 5.74) is 2.98. The number of aromatic nitrogens is 3. The molecule has 33 heavy (non-hydrogen) atoms. The molecule has 2 heterocycles. The third kappa shape index (κ3) is 5.58. The van der Waals surface area contributed by atoms with E-state index >= 15 is 0 Å². The second-order valence-corrected chi connectivity index (χ2v) is 11.1. The van der Waals surface area contributed by atoms with Gasteiger partial charge in [-0.3, -0.25) is 14.3 Å². The van der Waals surface area contributed by atoms with E-state index in [1.54, 1.807) is 16.6 Å². The van der Waals surface area contributed by atoms with Gasteiger partial charge in [0.15, 0.2) is 15.7 Å². The fourth-order valence-electron chi connectivity index (χ4n) is 3.98. The molecular formula is C23H27N5O3S2. The Labute approximate surface area is 198 Å². The second kappa shape index (κ2) is 9.58. The lowest BCUT2D eigenvalue weighted by Crippen LogP contribution is -2.42. The number of hydrogen-bond acceptors (Lipinski definition) is 6. The van der Waals surface area contributed by atoms with E-state index < -0.39 is 9.84 Å². The minimum absolute atomic E-state index is 0.00878. The number of nitrogens with one attached hydrogen (secondary N) is 1. The molecule has 1 N–H and O–H groups in total. The molecule has 1 fully saturated rings. The van der Waals surface area contributed by atoms with E-state index in [2.05, 4.69) is 11.4 Å². The lowest BCUT2D eigenvalue weighted by Gasteiger charge is -2.18. The average Bonchev–Trinajstić information content (AvgIpc) is 3.27. The van der Waals surface area contributed by atoms with Gasteiger partial charge in [0, 0.05) is 11.6 Å². The van der Waals surface area contributed by atoms with Crippen molar-refractivity contribution in [2.24, 2.45) is 0 Å². The number of amides is 1. The fourth-order valence-corrected chi connectivity index (χ4v) is 5.94. The van der Waals surface area contributed by atoms with Crippen LogP contribution in [-0.2, 0) is 21.3 Å². The molecule has 10 heteroatoms. The first-order valence-electron chi connectivity index (χ1n) is 10.7. The highest BCUT2D eigenvalue weighted by Gasteiger charge is 2.29. The van der Waals surface area contributed by atoms with Crippen molar-refractivity contribution in [2.75, 3.05) is 25.1 Å². The molecule has 8 nitrogen and oxygen atoms in total. The maximum atomic E-state index is 12.4. The molecule has 0 spiro atoms. The first kappa shape index (κ1) is 23.3. The molecule has 174 valence electrons. The van der Waals surface area contributed by atoms with E-state index in [1.807, 2.05) is 60.0 Å². The number of nitrogens with zero attached hydrogens (tertiary/aromatic N) is 4. The quantitative estimate of drug-likeness (QED) is 0.518. The van der Waals surface area contributed by atoms with E-state index in [0.717, 1.165) is 22.6 Å². The molecule has 1 saturated heterocycles. The topological polar surface area (TPSA) is 89.2 Å². The van der Waals surface area contributed by atoms with E-state index in [1.165, 1.54) is 0 Å². The van der Waals surface area contributed by atoms with Crippen molar-refractivity contribution >= 4 is 28.0 Å². The number of aryl methyl sites for hydroxylation is 1. The van der Waals surface area contributed by atoms with Crippen LogP contribution in [0.4, 0.5) is 0 Å². The predicted molar refractivity (Wildman–Crippen MR) is 130 cm³/mol. The smallest absolute Gasteiger partial charge is 0.234 e. The van der Waals surface area contributed by atoms with Crippen LogP contribution in [0, 0.1) is 11.7 Å². The third-order valence-corrected chi connectivity index (χ3v) is 7.68. The number of sulfone groups is 1. The third-order valence-electron chi connectivity index (χ3n) is 5.52. The monoisotopic (exact) mass is 485 g/mol. The van der Waals surface area contributed by atoms with E-state index in [0.29, 0.717) is 17.9 Å². The van der Waals surface area contributed by atoms with Crippen molar-refractivity contribution in [3.63, 3.8) is 0 Å². The molecule has 1 aliphatic heterocycles. The highest BCUT2D eigenvalue weighted by Crippen LogP contribution is 2.23. The Morgan fingerprint density at radius 2 is 1.97 bits per heavy atom. The van der Waals surface area contributed by atoms with Gasteiger partial charge < -0.3 is 5.32 Å². The van der Waals surface area contributed by atoms with Crippen molar-refractivity contribution in [3.8, 4) is 17.1 Å². The Morgan fingerprint density at radius 1 is 1.21 bits per heavy atom. The number of carbonyl (C=O) groups is 1. The normalized spacial score (nSPS) is 17.4. The van der Waals surface area contributed by atoms with Crippen LogP contribution in [0.1, 0.15) is 12.0 Å². The van der Waals surface area contributed by atoms with Crippen LogP contribution in [0.3, 0.4) is 0 Å². The van der Waals surface area contributed by atoms with Gasteiger partial charge in [-0.25, -0.2) is 13.1 Å². The molecule has 0 unspecified atom stereocenters. The van der Waals surface area contributed by atoms with Crippen LogP contribution in [0.5, 0.6) is 0 Å². The summed E-state index contributed by atoms with van der Waals surface area (Å²) < 4.78 is 27.4. The van der Waals surface area contributed by atoms with Crippen molar-refractivity contribution in [1.29, 1.82) is 0 Å². The second-order valence-electron chi connectivity index (χ2n) is 8.47. The minimum Gasteiger partial charge on any atom is -0.351 e. The molecule has 4 rings (SSSR count). The number of benzene rings is 2. The van der Waals surface area contributed by atoms with Gasteiger partial charge in [0.1, 0.15) is 0 Å². The number of rotatable bonds is 7. The fraction of sp³-hybridized carbons (Fsp3) is 0.348. The highest BCUT2D eigenvalue weighted by molar-refractivity contribution is 7.91. The zero-order valence-electron chi connectivity index (χ0n) is 18.6. The Morgan fingerprint density at radius 3 is 2.64 bits per heavy atom. The molecule has 0 saturated carbocycles. The van der Waals surface area contributed by atoms with Crippen molar-refractivity contribution in [1.82, 2.24) is 24.6 Å². The van der Waals surface area contributed by atoms with Gasteiger partial charge in [-0.2, -0.15) is 0 Å². The van der Waals surface area contributed by atoms with Gasteiger partial charge in [0.25, 0.3) is 0 Å². The van der Waals surface area contributed by atoms with Crippen molar-refractivity contribution in [3.05, 3.63) is 64.9 Å². The zero-order valence-corrected chi connectivity index (χ0v) is 20.3. The lowest BCUT2D eigenvalue weighted by atomic mass is 10.2. The zero-order chi connectivity index (χ0) is 23.6. The van der Waals surface area contributed by atoms with Crippen LogP contribution in [-0.4, -0.2) is 64.7 Å². The van der Waals surface area contributed by atoms with Gasteiger partial charge in [-0.15, -0.1) is 5.10 Å². The summed E-state index contributed by atoms with van der Waals surface area (Å²) >= 11 is 5.78. The number of hydrogen-bond donors (Lipinski definition) is 1. The lowest BCUT2D eigenvalue weighted by molar-refractivity contribution is -0.122. The molecule has 1 aliphatic rings. The molecule has 1 aromatic heterocycles. The average molecular weight is 486 g/mol. The Kier molecular flexibility index (Phi) is 6.78. The van der Waals surface area contributed by atoms with Crippen LogP contribution in [0.15, 0.2) is 54.6 Å². The van der Waals surface area contributed by atoms with Gasteiger partial charge in [0.05, 0.1) is 30.4 Å². The highest BCUT2D eigenvalue weighted by atomic mass is 32.2. The Balaban J connectivity index is 1.55.